The summed E-state index contributed by atoms with van der Waals surface area (Å²) in [6.07, 6.45) is 5.34. The molecule has 1 aromatic heterocycles. The van der Waals surface area contributed by atoms with Crippen LogP contribution in [0.25, 0.3) is 0 Å². The van der Waals surface area contributed by atoms with E-state index in [0.29, 0.717) is 26.1 Å². The highest BCUT2D eigenvalue weighted by Gasteiger charge is 2.48. The van der Waals surface area contributed by atoms with Crippen LogP contribution in [-0.2, 0) is 19.9 Å². The molecule has 2 atom stereocenters. The number of amides is 2. The summed E-state index contributed by atoms with van der Waals surface area (Å²) in [5.74, 6) is -1.66. The van der Waals surface area contributed by atoms with Crippen molar-refractivity contribution in [3.05, 3.63) is 53.1 Å². The number of hydrogen-bond acceptors (Lipinski definition) is 5. The highest BCUT2D eigenvalue weighted by atomic mass is 35.5. The highest BCUT2D eigenvalue weighted by Crippen LogP contribution is 2.38. The number of nitrogens with zero attached hydrogens (tertiary/aromatic N) is 3. The number of aryl methyl sites for hydroxylation is 1. The van der Waals surface area contributed by atoms with Gasteiger partial charge in [-0.3, -0.25) is 14.5 Å². The lowest BCUT2D eigenvalue weighted by Crippen LogP contribution is -2.60. The predicted octanol–water partition coefficient (Wildman–Crippen LogP) is 3.52. The van der Waals surface area contributed by atoms with Crippen molar-refractivity contribution in [3.63, 3.8) is 0 Å². The van der Waals surface area contributed by atoms with Crippen LogP contribution in [0.3, 0.4) is 0 Å². The molecule has 31 heavy (non-hydrogen) atoms. The van der Waals surface area contributed by atoms with Gasteiger partial charge in [-0.1, -0.05) is 29.3 Å². The maximum atomic E-state index is 14.2. The number of carbonyl (C=O) groups is 2. The summed E-state index contributed by atoms with van der Waals surface area (Å²) < 4.78 is 19.5. The van der Waals surface area contributed by atoms with Crippen molar-refractivity contribution in [2.75, 3.05) is 18.1 Å². The van der Waals surface area contributed by atoms with E-state index in [1.165, 1.54) is 25.6 Å². The van der Waals surface area contributed by atoms with Crippen molar-refractivity contribution in [1.82, 2.24) is 15.3 Å². The molecule has 0 saturated carbocycles. The third-order valence-electron chi connectivity index (χ3n) is 5.32. The molecule has 1 fully saturated rings. The van der Waals surface area contributed by atoms with Gasteiger partial charge in [0.15, 0.2) is 5.54 Å². The lowest BCUT2D eigenvalue weighted by Gasteiger charge is -2.41. The lowest BCUT2D eigenvalue weighted by atomic mass is 9.89. The van der Waals surface area contributed by atoms with Gasteiger partial charge in [0.25, 0.3) is 17.4 Å². The molecule has 10 heteroatoms. The number of carbonyl (C=O) groups excluding carboxylic acids is 2. The lowest BCUT2D eigenvalue weighted by molar-refractivity contribution is -0.132. The van der Waals surface area contributed by atoms with E-state index in [1.54, 1.807) is 18.2 Å². The van der Waals surface area contributed by atoms with Crippen LogP contribution in [0.1, 0.15) is 30.9 Å². The van der Waals surface area contributed by atoms with Gasteiger partial charge < -0.3 is 10.1 Å². The zero-order valence-corrected chi connectivity index (χ0v) is 18.7. The molecular weight excluding hydrogens is 446 g/mol. The van der Waals surface area contributed by atoms with Gasteiger partial charge in [0, 0.05) is 37.2 Å². The Bertz CT molecular complexity index is 941. The smallest absolute Gasteiger partial charge is 0.278 e. The minimum atomic E-state index is -2.39. The van der Waals surface area contributed by atoms with Gasteiger partial charge in [0.05, 0.1) is 10.7 Å². The predicted molar refractivity (Wildman–Crippen MR) is 116 cm³/mol. The van der Waals surface area contributed by atoms with Gasteiger partial charge in [-0.05, 0) is 44.4 Å². The third kappa shape index (κ3) is 4.97. The van der Waals surface area contributed by atoms with Crippen molar-refractivity contribution in [3.8, 4) is 0 Å². The second kappa shape index (κ2) is 9.89. The van der Waals surface area contributed by atoms with Gasteiger partial charge in [0.1, 0.15) is 6.33 Å². The van der Waals surface area contributed by atoms with Gasteiger partial charge >= 0.3 is 0 Å². The minimum absolute atomic E-state index is 0.147. The quantitative estimate of drug-likeness (QED) is 0.655. The van der Waals surface area contributed by atoms with Crippen molar-refractivity contribution >= 4 is 40.7 Å². The molecule has 1 saturated heterocycles. The summed E-state index contributed by atoms with van der Waals surface area (Å²) in [5.41, 5.74) is -2.86. The van der Waals surface area contributed by atoms with Crippen LogP contribution in [0, 0.1) is 6.92 Å². The summed E-state index contributed by atoms with van der Waals surface area (Å²) in [5, 5.41) is 3.13. The maximum Gasteiger partial charge on any atom is 0.278 e. The molecule has 2 heterocycles. The number of anilines is 1. The Kier molecular flexibility index (Phi) is 7.46. The third-order valence-corrected chi connectivity index (χ3v) is 5.81. The van der Waals surface area contributed by atoms with E-state index in [0.717, 1.165) is 10.5 Å². The molecular formula is C21H23Cl2FN4O3. The average molecular weight is 469 g/mol. The van der Waals surface area contributed by atoms with E-state index in [2.05, 4.69) is 15.3 Å². The fourth-order valence-corrected chi connectivity index (χ4v) is 3.97. The van der Waals surface area contributed by atoms with Gasteiger partial charge in [-0.25, -0.2) is 14.4 Å². The van der Waals surface area contributed by atoms with Crippen molar-refractivity contribution in [2.24, 2.45) is 0 Å². The Hall–Kier alpha value is -2.29. The van der Waals surface area contributed by atoms with Crippen LogP contribution >= 0.6 is 23.2 Å². The van der Waals surface area contributed by atoms with E-state index in [9.17, 15) is 14.0 Å². The summed E-state index contributed by atoms with van der Waals surface area (Å²) in [6.45, 7) is 4.34. The Balaban J connectivity index is 2.15. The normalized spacial score (nSPS) is 17.5. The fraction of sp³-hybridized carbons (Fsp3) is 0.429. The number of nitrogens with one attached hydrogen (secondary N) is 1. The molecule has 0 radical (unpaired) electrons. The van der Waals surface area contributed by atoms with Gasteiger partial charge in [0.2, 0.25) is 0 Å². The molecule has 2 amide bonds. The van der Waals surface area contributed by atoms with Crippen molar-refractivity contribution in [1.29, 1.82) is 0 Å². The van der Waals surface area contributed by atoms with E-state index < -0.39 is 23.0 Å². The standard InChI is InChI=1S/C21H23Cl2FN4O3/c1-13-3-4-17(16(22)9-13)28(19(29)18(23)24)21(2,14-10-25-12-26-11-14)20(30)27-15-5-7-31-8-6-15/h3-4,9-12,15,18H,5-8H2,1-2H3,(H,27,30)/t18-,21+/m0/s1. The Labute approximate surface area is 189 Å². The van der Waals surface area contributed by atoms with Crippen LogP contribution in [0.15, 0.2) is 36.9 Å². The molecule has 1 aromatic carbocycles. The van der Waals surface area contributed by atoms with Gasteiger partial charge in [-0.15, -0.1) is 0 Å². The largest absolute Gasteiger partial charge is 0.381 e. The number of benzene rings is 1. The Morgan fingerprint density at radius 3 is 2.52 bits per heavy atom. The number of alkyl halides is 2. The minimum Gasteiger partial charge on any atom is -0.381 e. The van der Waals surface area contributed by atoms with E-state index in [-0.39, 0.29) is 22.3 Å². The van der Waals surface area contributed by atoms with Gasteiger partial charge in [-0.2, -0.15) is 0 Å². The zero-order chi connectivity index (χ0) is 22.6. The molecule has 0 aliphatic carbocycles. The summed E-state index contributed by atoms with van der Waals surface area (Å²) in [4.78, 5) is 35.6. The molecule has 166 valence electrons. The second-order valence-electron chi connectivity index (χ2n) is 7.49. The summed E-state index contributed by atoms with van der Waals surface area (Å²) >= 11 is 12.0. The molecule has 1 N–H and O–H groups in total. The van der Waals surface area contributed by atoms with E-state index in [4.69, 9.17) is 27.9 Å². The second-order valence-corrected chi connectivity index (χ2v) is 8.28. The Morgan fingerprint density at radius 1 is 1.29 bits per heavy atom. The first-order valence-corrected chi connectivity index (χ1v) is 10.6. The molecule has 0 bridgehead atoms. The zero-order valence-electron chi connectivity index (χ0n) is 17.1. The van der Waals surface area contributed by atoms with Crippen LogP contribution < -0.4 is 10.2 Å². The fourth-order valence-electron chi connectivity index (χ4n) is 3.55. The number of ether oxygens (including phenoxy) is 1. The number of rotatable bonds is 6. The van der Waals surface area contributed by atoms with Crippen LogP contribution in [0.5, 0.6) is 0 Å². The monoisotopic (exact) mass is 468 g/mol. The van der Waals surface area contributed by atoms with E-state index in [1.807, 2.05) is 6.92 Å². The number of aromatic nitrogens is 2. The maximum absolute atomic E-state index is 14.2. The molecule has 0 spiro atoms. The topological polar surface area (TPSA) is 84.4 Å². The summed E-state index contributed by atoms with van der Waals surface area (Å²) in [6, 6.07) is 4.73. The molecule has 2 aromatic rings. The van der Waals surface area contributed by atoms with E-state index >= 15 is 0 Å². The summed E-state index contributed by atoms with van der Waals surface area (Å²) in [7, 11) is 0. The molecule has 3 rings (SSSR count). The number of halogens is 3. The molecule has 7 nitrogen and oxygen atoms in total. The molecule has 0 unspecified atom stereocenters. The van der Waals surface area contributed by atoms with Crippen LogP contribution in [0.2, 0.25) is 5.02 Å². The SMILES string of the molecule is Cc1ccc(N(C(=O)[C@H](F)Cl)[C@@](C)(C(=O)NC2CCOCC2)c2cncnc2)c(Cl)c1. The van der Waals surface area contributed by atoms with Crippen LogP contribution in [-0.4, -0.2) is 46.7 Å². The molecule has 1 aliphatic rings. The van der Waals surface area contributed by atoms with Crippen molar-refractivity contribution < 1.29 is 18.7 Å². The molecule has 1 aliphatic heterocycles. The Morgan fingerprint density at radius 2 is 1.94 bits per heavy atom. The first-order valence-electron chi connectivity index (χ1n) is 9.77. The highest BCUT2D eigenvalue weighted by molar-refractivity contribution is 6.36. The van der Waals surface area contributed by atoms with Crippen LogP contribution in [0.4, 0.5) is 10.1 Å². The van der Waals surface area contributed by atoms with Crippen molar-refractivity contribution in [2.45, 2.75) is 43.9 Å². The average Bonchev–Trinajstić information content (AvgIpc) is 2.76. The number of hydrogen-bond donors (Lipinski definition) is 1. The first kappa shape index (κ1) is 23.4. The first-order chi connectivity index (χ1) is 14.7.